The smallest absolute Gasteiger partial charge is 0.0146 e. The average Bonchev–Trinajstić information content (AvgIpc) is 2.39. The van der Waals surface area contributed by atoms with Crippen LogP contribution >= 0.6 is 0 Å². The van der Waals surface area contributed by atoms with E-state index in [2.05, 4.69) is 61.5 Å². The third-order valence-electron chi connectivity index (χ3n) is 3.43. The Labute approximate surface area is 103 Å². The highest BCUT2D eigenvalue weighted by molar-refractivity contribution is 5.73. The van der Waals surface area contributed by atoms with Crippen molar-refractivity contribution in [3.05, 3.63) is 65.2 Å². The van der Waals surface area contributed by atoms with E-state index in [0.717, 1.165) is 12.8 Å². The average molecular weight is 220 g/mol. The number of allylic oxidation sites excluding steroid dienone is 1. The molecule has 0 aliphatic heterocycles. The third kappa shape index (κ3) is 1.91. The lowest BCUT2D eigenvalue weighted by atomic mass is 9.89. The number of fused-ring (bicyclic) bond motifs is 1. The van der Waals surface area contributed by atoms with Crippen LogP contribution in [0.2, 0.25) is 0 Å². The van der Waals surface area contributed by atoms with Crippen molar-refractivity contribution in [2.75, 3.05) is 0 Å². The quantitative estimate of drug-likeness (QED) is 0.657. The Hall–Kier alpha value is -1.82. The van der Waals surface area contributed by atoms with Gasteiger partial charge in [-0.05, 0) is 42.0 Å². The highest BCUT2D eigenvalue weighted by Crippen LogP contribution is 2.30. The summed E-state index contributed by atoms with van der Waals surface area (Å²) in [6, 6.07) is 15.4. The minimum absolute atomic E-state index is 1.16. The molecule has 0 saturated heterocycles. The molecule has 0 N–H and O–H groups in total. The monoisotopic (exact) mass is 220 g/mol. The van der Waals surface area contributed by atoms with Gasteiger partial charge in [0.2, 0.25) is 0 Å². The van der Waals surface area contributed by atoms with Crippen LogP contribution in [0.15, 0.2) is 48.5 Å². The molecule has 0 saturated carbocycles. The lowest BCUT2D eigenvalue weighted by Gasteiger charge is -2.15. The Kier molecular flexibility index (Phi) is 2.56. The van der Waals surface area contributed by atoms with E-state index in [1.165, 1.54) is 27.8 Å². The van der Waals surface area contributed by atoms with Gasteiger partial charge in [-0.25, -0.2) is 0 Å². The molecule has 2 aromatic rings. The number of benzene rings is 2. The molecule has 0 unspecified atom stereocenters. The molecule has 17 heavy (non-hydrogen) atoms. The maximum Gasteiger partial charge on any atom is -0.0146 e. The second-order valence-electron chi connectivity index (χ2n) is 4.68. The maximum atomic E-state index is 2.27. The van der Waals surface area contributed by atoms with Gasteiger partial charge in [0, 0.05) is 0 Å². The van der Waals surface area contributed by atoms with Gasteiger partial charge in [0.25, 0.3) is 0 Å². The van der Waals surface area contributed by atoms with Crippen LogP contribution in [0.4, 0.5) is 0 Å². The first-order chi connectivity index (χ1) is 8.34. The molecule has 0 fully saturated rings. The lowest BCUT2D eigenvalue weighted by Crippen LogP contribution is -1.97. The summed E-state index contributed by atoms with van der Waals surface area (Å²) in [7, 11) is 0. The molecule has 0 radical (unpaired) electrons. The zero-order valence-corrected chi connectivity index (χ0v) is 10.1. The largest absolute Gasteiger partial charge is 0.0836 e. The van der Waals surface area contributed by atoms with Crippen LogP contribution in [-0.2, 0) is 6.42 Å². The van der Waals surface area contributed by atoms with Crippen LogP contribution in [0.1, 0.15) is 23.1 Å². The Morgan fingerprint density at radius 3 is 2.59 bits per heavy atom. The van der Waals surface area contributed by atoms with Crippen molar-refractivity contribution in [3.63, 3.8) is 0 Å². The summed E-state index contributed by atoms with van der Waals surface area (Å²) < 4.78 is 0. The fraction of sp³-hybridized carbons (Fsp3) is 0.176. The molecule has 0 aromatic heterocycles. The van der Waals surface area contributed by atoms with Crippen LogP contribution in [0.3, 0.4) is 0 Å². The van der Waals surface area contributed by atoms with Crippen LogP contribution < -0.4 is 0 Å². The van der Waals surface area contributed by atoms with Crippen LogP contribution in [-0.4, -0.2) is 0 Å². The van der Waals surface area contributed by atoms with E-state index in [4.69, 9.17) is 0 Å². The van der Waals surface area contributed by atoms with Gasteiger partial charge < -0.3 is 0 Å². The van der Waals surface area contributed by atoms with E-state index >= 15 is 0 Å². The van der Waals surface area contributed by atoms with E-state index in [0.29, 0.717) is 0 Å². The normalized spacial score (nSPS) is 13.5. The number of aryl methyl sites for hydroxylation is 1. The molecule has 1 aliphatic rings. The van der Waals surface area contributed by atoms with Gasteiger partial charge in [0.05, 0.1) is 0 Å². The molecule has 3 rings (SSSR count). The zero-order valence-electron chi connectivity index (χ0n) is 10.1. The van der Waals surface area contributed by atoms with Gasteiger partial charge in [0.1, 0.15) is 0 Å². The minimum Gasteiger partial charge on any atom is -0.0836 e. The predicted molar refractivity (Wildman–Crippen MR) is 74.0 cm³/mol. The van der Waals surface area contributed by atoms with Crippen LogP contribution in [0.5, 0.6) is 0 Å². The van der Waals surface area contributed by atoms with Crippen LogP contribution in [0, 0.1) is 6.92 Å². The Balaban J connectivity index is 2.15. The van der Waals surface area contributed by atoms with E-state index < -0.39 is 0 Å². The molecule has 0 spiro atoms. The summed E-state index contributed by atoms with van der Waals surface area (Å²) in [4.78, 5) is 0. The van der Waals surface area contributed by atoms with Crippen molar-refractivity contribution >= 4 is 6.08 Å². The fourth-order valence-corrected chi connectivity index (χ4v) is 2.48. The Morgan fingerprint density at radius 1 is 0.941 bits per heavy atom. The topological polar surface area (TPSA) is 0 Å². The van der Waals surface area contributed by atoms with Crippen LogP contribution in [0.25, 0.3) is 17.2 Å². The van der Waals surface area contributed by atoms with E-state index in [1.807, 2.05) is 0 Å². The molecular weight excluding hydrogens is 204 g/mol. The summed E-state index contributed by atoms with van der Waals surface area (Å²) in [5, 5.41) is 0. The maximum absolute atomic E-state index is 2.27. The summed E-state index contributed by atoms with van der Waals surface area (Å²) in [5.74, 6) is 0. The second kappa shape index (κ2) is 4.21. The fourth-order valence-electron chi connectivity index (χ4n) is 2.48. The molecule has 0 heterocycles. The highest BCUT2D eigenvalue weighted by Gasteiger charge is 2.10. The first-order valence-corrected chi connectivity index (χ1v) is 6.20. The molecule has 0 amide bonds. The summed E-state index contributed by atoms with van der Waals surface area (Å²) in [5.41, 5.74) is 6.93. The predicted octanol–water partition coefficient (Wildman–Crippen LogP) is 4.62. The molecule has 84 valence electrons. The van der Waals surface area contributed by atoms with E-state index in [-0.39, 0.29) is 0 Å². The summed E-state index contributed by atoms with van der Waals surface area (Å²) in [6.45, 7) is 2.13. The van der Waals surface area contributed by atoms with Crippen molar-refractivity contribution in [2.24, 2.45) is 0 Å². The summed E-state index contributed by atoms with van der Waals surface area (Å²) in [6.07, 6.45) is 6.84. The first kappa shape index (κ1) is 10.3. The Morgan fingerprint density at radius 2 is 1.76 bits per heavy atom. The number of hydrogen-bond acceptors (Lipinski definition) is 0. The summed E-state index contributed by atoms with van der Waals surface area (Å²) >= 11 is 0. The Bertz CT molecular complexity index is 559. The molecule has 0 heteroatoms. The molecule has 0 nitrogen and oxygen atoms in total. The molecule has 1 aliphatic carbocycles. The van der Waals surface area contributed by atoms with Gasteiger partial charge in [-0.1, -0.05) is 60.2 Å². The molecule has 2 aromatic carbocycles. The van der Waals surface area contributed by atoms with Gasteiger partial charge >= 0.3 is 0 Å². The zero-order chi connectivity index (χ0) is 11.7. The first-order valence-electron chi connectivity index (χ1n) is 6.20. The highest BCUT2D eigenvalue weighted by atomic mass is 14.1. The van der Waals surface area contributed by atoms with Gasteiger partial charge in [0.15, 0.2) is 0 Å². The number of hydrogen-bond donors (Lipinski definition) is 0. The van der Waals surface area contributed by atoms with Gasteiger partial charge in [-0.15, -0.1) is 0 Å². The standard InChI is InChI=1S/C17H16/c1-13-9-11-15(12-10-13)17-8-4-6-14-5-2-3-7-16(14)17/h2,4-6,8-12H,3,7H2,1H3. The van der Waals surface area contributed by atoms with Gasteiger partial charge in [-0.2, -0.15) is 0 Å². The minimum atomic E-state index is 1.16. The van der Waals surface area contributed by atoms with Gasteiger partial charge in [-0.3, -0.25) is 0 Å². The van der Waals surface area contributed by atoms with E-state index in [9.17, 15) is 0 Å². The van der Waals surface area contributed by atoms with Crippen molar-refractivity contribution in [3.8, 4) is 11.1 Å². The van der Waals surface area contributed by atoms with E-state index in [1.54, 1.807) is 0 Å². The lowest BCUT2D eigenvalue weighted by molar-refractivity contribution is 0.988. The van der Waals surface area contributed by atoms with Crippen molar-refractivity contribution < 1.29 is 0 Å². The molecular formula is C17H16. The number of rotatable bonds is 1. The third-order valence-corrected chi connectivity index (χ3v) is 3.43. The molecule has 0 bridgehead atoms. The second-order valence-corrected chi connectivity index (χ2v) is 4.68. The SMILES string of the molecule is Cc1ccc(-c2cccc3c2CCC=C3)cc1. The van der Waals surface area contributed by atoms with Crippen molar-refractivity contribution in [2.45, 2.75) is 19.8 Å². The van der Waals surface area contributed by atoms with Crippen molar-refractivity contribution in [1.82, 2.24) is 0 Å². The molecule has 0 atom stereocenters. The van der Waals surface area contributed by atoms with Crippen molar-refractivity contribution in [1.29, 1.82) is 0 Å².